The Morgan fingerprint density at radius 1 is 0.701 bits per heavy atom. The molecule has 5 saturated carbocycles. The average Bonchev–Trinajstić information content (AvgIpc) is 3.94. The second kappa shape index (κ2) is 24.6. The number of alkyl halides is 3. The van der Waals surface area contributed by atoms with Gasteiger partial charge in [0.1, 0.15) is 17.0 Å². The fraction of sp³-hybridized carbons (Fsp3) is 0.565. The maximum Gasteiger partial charge on any atom is 0.426 e. The lowest BCUT2D eigenvalue weighted by molar-refractivity contribution is -0.239. The molecule has 0 amide bonds. The van der Waals surface area contributed by atoms with Crippen LogP contribution in [-0.2, 0) is 44.1 Å². The second-order valence-electron chi connectivity index (χ2n) is 23.9. The van der Waals surface area contributed by atoms with Gasteiger partial charge in [-0.15, -0.1) is 0 Å². The zero-order valence-corrected chi connectivity index (χ0v) is 47.7. The quantitative estimate of drug-likeness (QED) is 0.0521. The summed E-state index contributed by atoms with van der Waals surface area (Å²) < 4.78 is 91.5. The van der Waals surface area contributed by atoms with Crippen LogP contribution in [0.15, 0.2) is 103 Å². The van der Waals surface area contributed by atoms with Gasteiger partial charge in [0.2, 0.25) is 6.10 Å². The highest BCUT2D eigenvalue weighted by atomic mass is 32.2. The van der Waals surface area contributed by atoms with Crippen LogP contribution in [0.1, 0.15) is 166 Å². The van der Waals surface area contributed by atoms with Crippen LogP contribution >= 0.6 is 10.5 Å². The first-order valence-electron chi connectivity index (χ1n) is 26.9. The summed E-state index contributed by atoms with van der Waals surface area (Å²) in [6, 6.07) is 35.9. The van der Waals surface area contributed by atoms with E-state index in [2.05, 4.69) is 111 Å². The minimum absolute atomic E-state index is 0. The Morgan fingerprint density at radius 2 is 1.17 bits per heavy atom. The Labute approximate surface area is 458 Å². The molecule has 0 radical (unpaired) electrons. The predicted octanol–water partition coefficient (Wildman–Crippen LogP) is 16.1. The molecule has 5 aliphatic carbocycles. The molecule has 424 valence electrons. The molecule has 3 unspecified atom stereocenters. The molecular weight excluding hydrogens is 1030 g/mol. The van der Waals surface area contributed by atoms with E-state index in [0.29, 0.717) is 37.9 Å². The van der Waals surface area contributed by atoms with Crippen molar-refractivity contribution in [3.8, 4) is 10.6 Å². The number of phenols is 1. The molecule has 1 heterocycles. The topological polar surface area (TPSA) is 156 Å². The lowest BCUT2D eigenvalue weighted by Gasteiger charge is -2.60. The van der Waals surface area contributed by atoms with Crippen LogP contribution in [0.3, 0.4) is 0 Å². The summed E-state index contributed by atoms with van der Waals surface area (Å²) in [6.45, 7) is 19.9. The molecule has 4 aromatic carbocycles. The van der Waals surface area contributed by atoms with Crippen molar-refractivity contribution in [2.24, 2.45) is 28.1 Å². The molecule has 3 atom stereocenters. The number of carbonyl (C=O) groups is 3. The molecular formula is C62H83F3O10S2. The Bertz CT molecular complexity index is 2830. The molecule has 4 bridgehead atoms. The monoisotopic (exact) mass is 1110 g/mol. The highest BCUT2D eigenvalue weighted by Crippen LogP contribution is 2.64. The zero-order chi connectivity index (χ0) is 56.1. The number of thiophene rings is 1. The van der Waals surface area contributed by atoms with Crippen LogP contribution in [0.4, 0.5) is 13.2 Å². The largest absolute Gasteiger partial charge is 0.748 e. The van der Waals surface area contributed by atoms with Gasteiger partial charge >= 0.3 is 24.1 Å². The fourth-order valence-electron chi connectivity index (χ4n) is 11.2. The average molecular weight is 1110 g/mol. The number of esters is 3. The Kier molecular flexibility index (Phi) is 20.1. The van der Waals surface area contributed by atoms with Crippen molar-refractivity contribution in [2.45, 2.75) is 189 Å². The van der Waals surface area contributed by atoms with E-state index in [1.807, 2.05) is 39.8 Å². The molecule has 77 heavy (non-hydrogen) atoms. The van der Waals surface area contributed by atoms with E-state index in [9.17, 15) is 40.5 Å². The van der Waals surface area contributed by atoms with E-state index in [1.54, 1.807) is 26.0 Å². The van der Waals surface area contributed by atoms with Crippen LogP contribution < -0.4 is 0 Å². The van der Waals surface area contributed by atoms with E-state index in [0.717, 1.165) is 32.1 Å². The van der Waals surface area contributed by atoms with Gasteiger partial charge in [-0.05, 0) is 183 Å². The van der Waals surface area contributed by atoms with Crippen molar-refractivity contribution in [3.05, 3.63) is 109 Å². The number of fused-ring (bicyclic) bond motifs is 3. The van der Waals surface area contributed by atoms with E-state index in [-0.39, 0.29) is 58.6 Å². The Hall–Kier alpha value is -4.99. The molecule has 5 aliphatic rings. The zero-order valence-electron chi connectivity index (χ0n) is 46.0. The summed E-state index contributed by atoms with van der Waals surface area (Å²) in [5.74, 6) is -3.14. The smallest absolute Gasteiger partial charge is 0.426 e. The number of ether oxygens (including phenoxy) is 3. The number of rotatable bonds is 13. The maximum absolute atomic E-state index is 13.3. The van der Waals surface area contributed by atoms with Gasteiger partial charge in [-0.1, -0.05) is 96.6 Å². The lowest BCUT2D eigenvalue weighted by atomic mass is 9.48. The third kappa shape index (κ3) is 15.4. The summed E-state index contributed by atoms with van der Waals surface area (Å²) >= 11 is 0. The highest BCUT2D eigenvalue weighted by molar-refractivity contribution is 7.85. The highest BCUT2D eigenvalue weighted by Gasteiger charge is 2.64. The maximum atomic E-state index is 13.3. The standard InChI is InChI=1S/C20H29F3O7S.C18H13S.C12H22O2.C11H16O.CH4/c1-4-17(2,3)15(24)30-19-8-12-5-13(9-19)7-18(6-12,11-19)16(25)29-14(20(21,22)23)10-31(26,27)28;1-2-8-14(9-3-1)19-17-12-6-4-10-15(17)16-11-5-7-13-18(16)19;1-5-11(2,3)10(13)14-12(4)8-6-7-9-12;1-4-11(2,3)9-5-7-10(12)8-6-9;/h12-14H,4-11H2,1-3H3,(H,26,27,28);1-13H;5-9H2,1-4H3;5-8,12H,4H2,1-3H3;1H4/q;+1;;;/p-1. The summed E-state index contributed by atoms with van der Waals surface area (Å²) in [7, 11) is -5.21. The van der Waals surface area contributed by atoms with Gasteiger partial charge in [-0.2, -0.15) is 13.2 Å². The predicted molar refractivity (Wildman–Crippen MR) is 301 cm³/mol. The molecule has 5 fully saturated rings. The molecule has 10 rings (SSSR count). The number of aromatic hydroxyl groups is 1. The van der Waals surface area contributed by atoms with Crippen LogP contribution in [0.2, 0.25) is 0 Å². The molecule has 0 spiro atoms. The molecule has 1 N–H and O–H groups in total. The van der Waals surface area contributed by atoms with Gasteiger partial charge < -0.3 is 23.9 Å². The van der Waals surface area contributed by atoms with Crippen molar-refractivity contribution in [2.75, 3.05) is 5.75 Å². The first-order chi connectivity index (χ1) is 35.4. The number of hydrogen-bond donors (Lipinski definition) is 1. The Balaban J connectivity index is 0.000000203. The van der Waals surface area contributed by atoms with Crippen molar-refractivity contribution < 1.29 is 59.8 Å². The van der Waals surface area contributed by atoms with Crippen molar-refractivity contribution in [1.29, 1.82) is 0 Å². The fourth-order valence-corrected chi connectivity index (χ4v) is 14.2. The van der Waals surface area contributed by atoms with Gasteiger partial charge in [-0.3, -0.25) is 14.4 Å². The van der Waals surface area contributed by atoms with E-state index < -0.39 is 56.5 Å². The molecule has 0 saturated heterocycles. The van der Waals surface area contributed by atoms with Crippen LogP contribution in [0, 0.1) is 28.1 Å². The normalized spacial score (nSPS) is 21.9. The minimum atomic E-state index is -5.27. The van der Waals surface area contributed by atoms with Gasteiger partial charge in [0, 0.05) is 27.7 Å². The van der Waals surface area contributed by atoms with Crippen LogP contribution in [0.5, 0.6) is 5.75 Å². The first-order valence-corrected chi connectivity index (χ1v) is 29.7. The number of halogens is 3. The third-order valence-corrected chi connectivity index (χ3v) is 19.7. The third-order valence-electron chi connectivity index (χ3n) is 16.6. The number of carbonyl (C=O) groups excluding carboxylic acids is 3. The number of hydrogen-bond acceptors (Lipinski definition) is 10. The van der Waals surface area contributed by atoms with Crippen LogP contribution in [0.25, 0.3) is 25.1 Å². The number of phenolic OH excluding ortho intramolecular Hbond substituents is 1. The van der Waals surface area contributed by atoms with Gasteiger partial charge in [-0.25, -0.2) is 8.42 Å². The SMILES string of the molecule is C.CCC(C)(C)C(=O)OC1(C)CCCC1.CCC(C)(C)C(=O)OC12CC3CC(C1)CC(C(=O)OC(CS(=O)(=O)[O-])C(F)(F)F)(C3)C2.CCC(C)(C)c1ccc(O)cc1.c1ccc(-[s+]2c3ccccc3c3ccccc32)cc1. The van der Waals surface area contributed by atoms with Gasteiger partial charge in [0.15, 0.2) is 14.3 Å². The molecule has 10 nitrogen and oxygen atoms in total. The van der Waals surface area contributed by atoms with Crippen molar-refractivity contribution in [3.63, 3.8) is 0 Å². The van der Waals surface area contributed by atoms with Crippen molar-refractivity contribution >= 4 is 58.7 Å². The van der Waals surface area contributed by atoms with Crippen molar-refractivity contribution in [1.82, 2.24) is 0 Å². The first kappa shape index (κ1) is 62.8. The summed E-state index contributed by atoms with van der Waals surface area (Å²) in [5, 5.41) is 11.9. The van der Waals surface area contributed by atoms with Gasteiger partial charge in [0.25, 0.3) is 0 Å². The van der Waals surface area contributed by atoms with Crippen LogP contribution in [-0.4, -0.2) is 65.2 Å². The lowest BCUT2D eigenvalue weighted by Crippen LogP contribution is -2.61. The number of benzene rings is 4. The summed E-state index contributed by atoms with van der Waals surface area (Å²) in [5.41, 5.74) is -1.96. The molecule has 1 aromatic heterocycles. The Morgan fingerprint density at radius 3 is 1.62 bits per heavy atom. The second-order valence-corrected chi connectivity index (χ2v) is 27.3. The van der Waals surface area contributed by atoms with E-state index in [1.165, 1.54) is 43.5 Å². The molecule has 0 aliphatic heterocycles. The van der Waals surface area contributed by atoms with Gasteiger partial charge in [0.05, 0.1) is 32.1 Å². The van der Waals surface area contributed by atoms with E-state index >= 15 is 0 Å². The summed E-state index contributed by atoms with van der Waals surface area (Å²) in [6.07, 6.45) is 1.24. The van der Waals surface area contributed by atoms with E-state index in [4.69, 9.17) is 14.6 Å². The minimum Gasteiger partial charge on any atom is -0.748 e. The summed E-state index contributed by atoms with van der Waals surface area (Å²) in [4.78, 5) is 38.9. The molecule has 5 aromatic rings. The molecule has 15 heteroatoms.